The summed E-state index contributed by atoms with van der Waals surface area (Å²) in [5, 5.41) is 10.2. The Morgan fingerprint density at radius 3 is 2.82 bits per heavy atom. The average Bonchev–Trinajstić information content (AvgIpc) is 2.61. The second kappa shape index (κ2) is 6.51. The summed E-state index contributed by atoms with van der Waals surface area (Å²) >= 11 is 1.77. The maximum atomic E-state index is 8.89. The number of aliphatic hydroxyl groups excluding tert-OH is 1. The Bertz CT molecular complexity index is 498. The predicted molar refractivity (Wildman–Crippen MR) is 65.0 cm³/mol. The van der Waals surface area contributed by atoms with Crippen molar-refractivity contribution in [2.24, 2.45) is 0 Å². The van der Waals surface area contributed by atoms with Gasteiger partial charge < -0.3 is 33.8 Å². The zero-order valence-corrected chi connectivity index (χ0v) is 12.9. The molecule has 0 radical (unpaired) electrons. The number of thiazole rings is 1. The lowest BCUT2D eigenvalue weighted by Crippen LogP contribution is -3.00. The van der Waals surface area contributed by atoms with E-state index in [4.69, 9.17) is 9.84 Å². The van der Waals surface area contributed by atoms with Crippen molar-refractivity contribution in [3.05, 3.63) is 23.2 Å². The molecule has 0 aliphatic rings. The van der Waals surface area contributed by atoms with Crippen LogP contribution in [0.4, 0.5) is 0 Å². The first kappa shape index (κ1) is 14.7. The molecule has 0 atom stereocenters. The van der Waals surface area contributed by atoms with E-state index in [0.29, 0.717) is 0 Å². The Morgan fingerprint density at radius 2 is 2.18 bits per heavy atom. The number of aromatic nitrogens is 1. The number of ether oxygens (including phenoxy) is 1. The molecule has 0 saturated heterocycles. The lowest BCUT2D eigenvalue weighted by Gasteiger charge is -1.98. The second-order valence-electron chi connectivity index (χ2n) is 3.68. The summed E-state index contributed by atoms with van der Waals surface area (Å²) in [5.74, 6) is 0.878. The van der Waals surface area contributed by atoms with Gasteiger partial charge >= 0.3 is 0 Å². The molecular formula is C12H16INO2S. The number of hydrogen-bond donors (Lipinski definition) is 1. The van der Waals surface area contributed by atoms with Crippen LogP contribution in [-0.2, 0) is 6.54 Å². The monoisotopic (exact) mass is 365 g/mol. The van der Waals surface area contributed by atoms with Gasteiger partial charge in [0.2, 0.25) is 10.5 Å². The van der Waals surface area contributed by atoms with Crippen LogP contribution in [0.3, 0.4) is 0 Å². The molecule has 2 aromatic rings. The molecule has 0 aliphatic carbocycles. The first-order valence-corrected chi connectivity index (χ1v) is 6.15. The number of fused-ring (bicyclic) bond motifs is 1. The molecule has 94 valence electrons. The number of nitrogens with zero attached hydrogens (tertiary/aromatic N) is 1. The van der Waals surface area contributed by atoms with E-state index in [-0.39, 0.29) is 30.6 Å². The molecule has 17 heavy (non-hydrogen) atoms. The Hall–Kier alpha value is -0.400. The zero-order valence-electron chi connectivity index (χ0n) is 9.94. The van der Waals surface area contributed by atoms with Crippen LogP contribution < -0.4 is 33.3 Å². The maximum Gasteiger partial charge on any atom is 0.235 e. The van der Waals surface area contributed by atoms with Crippen molar-refractivity contribution in [2.75, 3.05) is 13.7 Å². The number of aliphatic hydroxyl groups is 1. The molecule has 1 aromatic heterocycles. The number of benzene rings is 1. The predicted octanol–water partition coefficient (Wildman–Crippen LogP) is -1.11. The van der Waals surface area contributed by atoms with Gasteiger partial charge in [-0.2, -0.15) is 4.57 Å². The van der Waals surface area contributed by atoms with Crippen LogP contribution in [-0.4, -0.2) is 18.8 Å². The molecule has 0 saturated carbocycles. The van der Waals surface area contributed by atoms with Crippen molar-refractivity contribution in [1.29, 1.82) is 0 Å². The fraction of sp³-hybridized carbons (Fsp3) is 0.417. The minimum Gasteiger partial charge on any atom is -1.00 e. The normalized spacial score (nSPS) is 10.3. The standard InChI is InChI=1S/C12H16NO2S.HI/c1-9-13(6-3-7-14)11-8-10(15-2)4-5-12(11)16-9;/h4-5,8,14H,3,6-7H2,1-2H3;1H/q+1;/p-1. The Morgan fingerprint density at radius 1 is 1.41 bits per heavy atom. The van der Waals surface area contributed by atoms with Gasteiger partial charge in [-0.15, -0.1) is 0 Å². The van der Waals surface area contributed by atoms with Crippen LogP contribution in [0.5, 0.6) is 5.75 Å². The molecule has 0 spiro atoms. The number of halogens is 1. The summed E-state index contributed by atoms with van der Waals surface area (Å²) in [4.78, 5) is 0. The highest BCUT2D eigenvalue weighted by atomic mass is 127. The largest absolute Gasteiger partial charge is 1.00 e. The fourth-order valence-corrected chi connectivity index (χ4v) is 2.84. The summed E-state index contributed by atoms with van der Waals surface area (Å²) in [6.45, 7) is 3.19. The van der Waals surface area contributed by atoms with Crippen molar-refractivity contribution in [3.63, 3.8) is 0 Å². The van der Waals surface area contributed by atoms with E-state index >= 15 is 0 Å². The quantitative estimate of drug-likeness (QED) is 0.551. The van der Waals surface area contributed by atoms with Gasteiger partial charge in [0.1, 0.15) is 10.4 Å². The summed E-state index contributed by atoms with van der Waals surface area (Å²) in [7, 11) is 1.68. The molecule has 2 rings (SSSR count). The third kappa shape index (κ3) is 3.08. The van der Waals surface area contributed by atoms with E-state index in [1.165, 1.54) is 15.2 Å². The molecule has 0 unspecified atom stereocenters. The van der Waals surface area contributed by atoms with Gasteiger partial charge in [-0.3, -0.25) is 0 Å². The summed E-state index contributed by atoms with van der Waals surface area (Å²) < 4.78 is 8.73. The summed E-state index contributed by atoms with van der Waals surface area (Å²) in [6, 6.07) is 6.12. The van der Waals surface area contributed by atoms with Crippen molar-refractivity contribution in [3.8, 4) is 5.75 Å². The van der Waals surface area contributed by atoms with Gasteiger partial charge in [0.25, 0.3) is 0 Å². The van der Waals surface area contributed by atoms with Crippen LogP contribution in [0.2, 0.25) is 0 Å². The van der Waals surface area contributed by atoms with Gasteiger partial charge in [0, 0.05) is 20.0 Å². The van der Waals surface area contributed by atoms with Gasteiger partial charge in [-0.1, -0.05) is 11.3 Å². The molecule has 1 aromatic carbocycles. The lowest BCUT2D eigenvalue weighted by atomic mass is 10.3. The molecule has 0 aliphatic heterocycles. The number of aryl methyl sites for hydroxylation is 2. The molecule has 1 N–H and O–H groups in total. The average molecular weight is 365 g/mol. The van der Waals surface area contributed by atoms with Gasteiger partial charge in [-0.05, 0) is 12.1 Å². The van der Waals surface area contributed by atoms with Crippen molar-refractivity contribution < 1.29 is 38.4 Å². The molecule has 0 amide bonds. The number of rotatable bonds is 4. The molecular weight excluding hydrogens is 349 g/mol. The Balaban J connectivity index is 0.00000144. The third-order valence-corrected chi connectivity index (χ3v) is 3.72. The molecule has 3 nitrogen and oxygen atoms in total. The summed E-state index contributed by atoms with van der Waals surface area (Å²) in [5.41, 5.74) is 1.19. The summed E-state index contributed by atoms with van der Waals surface area (Å²) in [6.07, 6.45) is 0.786. The van der Waals surface area contributed by atoms with E-state index < -0.39 is 0 Å². The van der Waals surface area contributed by atoms with Crippen LogP contribution in [0.1, 0.15) is 11.4 Å². The highest BCUT2D eigenvalue weighted by molar-refractivity contribution is 7.18. The van der Waals surface area contributed by atoms with Gasteiger partial charge in [0.15, 0.2) is 6.54 Å². The Kier molecular flexibility index (Phi) is 5.61. The van der Waals surface area contributed by atoms with Crippen molar-refractivity contribution in [2.45, 2.75) is 19.9 Å². The van der Waals surface area contributed by atoms with Crippen LogP contribution >= 0.6 is 11.3 Å². The fourth-order valence-electron chi connectivity index (χ4n) is 1.81. The third-order valence-electron chi connectivity index (χ3n) is 2.63. The number of hydrogen-bond acceptors (Lipinski definition) is 3. The molecule has 1 heterocycles. The lowest BCUT2D eigenvalue weighted by molar-refractivity contribution is -0.673. The van der Waals surface area contributed by atoms with Crippen molar-refractivity contribution >= 4 is 21.6 Å². The zero-order chi connectivity index (χ0) is 11.5. The molecule has 0 bridgehead atoms. The first-order valence-electron chi connectivity index (χ1n) is 5.34. The second-order valence-corrected chi connectivity index (χ2v) is 4.92. The molecule has 5 heteroatoms. The van der Waals surface area contributed by atoms with Crippen molar-refractivity contribution in [1.82, 2.24) is 0 Å². The maximum absolute atomic E-state index is 8.89. The van der Waals surface area contributed by atoms with Crippen LogP contribution in [0.15, 0.2) is 18.2 Å². The van der Waals surface area contributed by atoms with E-state index in [9.17, 15) is 0 Å². The van der Waals surface area contributed by atoms with Gasteiger partial charge in [0.05, 0.1) is 13.2 Å². The van der Waals surface area contributed by atoms with Crippen LogP contribution in [0, 0.1) is 6.92 Å². The highest BCUT2D eigenvalue weighted by Gasteiger charge is 2.17. The minimum atomic E-state index is 0. The van der Waals surface area contributed by atoms with E-state index in [0.717, 1.165) is 18.7 Å². The van der Waals surface area contributed by atoms with Crippen LogP contribution in [0.25, 0.3) is 10.2 Å². The first-order chi connectivity index (χ1) is 7.76. The van der Waals surface area contributed by atoms with E-state index in [2.05, 4.69) is 23.6 Å². The van der Waals surface area contributed by atoms with E-state index in [1.807, 2.05) is 6.07 Å². The number of methoxy groups -OCH3 is 1. The van der Waals surface area contributed by atoms with E-state index in [1.54, 1.807) is 18.4 Å². The topological polar surface area (TPSA) is 33.3 Å². The molecule has 0 fully saturated rings. The Labute approximate surface area is 122 Å². The highest BCUT2D eigenvalue weighted by Crippen LogP contribution is 2.24. The SMILES string of the molecule is COc1ccc2sc(C)[n+](CCCO)c2c1.[I-]. The minimum absolute atomic E-state index is 0. The van der Waals surface area contributed by atoms with Gasteiger partial charge in [-0.25, -0.2) is 0 Å². The smallest absolute Gasteiger partial charge is 0.235 e.